The molecule has 2 aliphatic rings. The number of anilines is 1. The normalized spacial score (nSPS) is 19.0. The third-order valence-electron chi connectivity index (χ3n) is 5.23. The molecule has 12 nitrogen and oxygen atoms in total. The number of aromatic nitrogens is 5. The van der Waals surface area contributed by atoms with E-state index < -0.39 is 5.91 Å². The second kappa shape index (κ2) is 9.09. The van der Waals surface area contributed by atoms with Gasteiger partial charge in [-0.05, 0) is 29.1 Å². The zero-order valence-electron chi connectivity index (χ0n) is 16.2. The number of hydrazone groups is 1. The SMILES string of the molecule is Nc1nonc1-n1nnc(CN2CCOCC2)c1C(=O)N/N=C\C1CCCCC1. The highest BCUT2D eigenvalue weighted by Crippen LogP contribution is 2.22. The summed E-state index contributed by atoms with van der Waals surface area (Å²) in [6, 6.07) is 0. The Morgan fingerprint density at radius 3 is 2.76 bits per heavy atom. The molecule has 1 saturated carbocycles. The molecule has 4 rings (SSSR count). The maximum Gasteiger partial charge on any atom is 0.292 e. The summed E-state index contributed by atoms with van der Waals surface area (Å²) in [6.07, 6.45) is 7.68. The van der Waals surface area contributed by atoms with Crippen molar-refractivity contribution in [2.24, 2.45) is 11.0 Å². The van der Waals surface area contributed by atoms with Gasteiger partial charge in [0.15, 0.2) is 5.69 Å². The minimum Gasteiger partial charge on any atom is -0.379 e. The number of hydrogen-bond donors (Lipinski definition) is 2. The average Bonchev–Trinajstić information content (AvgIpc) is 3.35. The summed E-state index contributed by atoms with van der Waals surface area (Å²) in [6.45, 7) is 3.23. The van der Waals surface area contributed by atoms with Gasteiger partial charge in [0.25, 0.3) is 5.91 Å². The van der Waals surface area contributed by atoms with Crippen LogP contribution in [0.3, 0.4) is 0 Å². The van der Waals surface area contributed by atoms with Crippen LogP contribution in [0.2, 0.25) is 0 Å². The van der Waals surface area contributed by atoms with Crippen LogP contribution in [0.25, 0.3) is 5.82 Å². The van der Waals surface area contributed by atoms with Crippen molar-refractivity contribution in [3.63, 3.8) is 0 Å². The predicted molar refractivity (Wildman–Crippen MR) is 102 cm³/mol. The van der Waals surface area contributed by atoms with E-state index in [0.717, 1.165) is 25.9 Å². The number of ether oxygens (including phenoxy) is 1. The number of amides is 1. The van der Waals surface area contributed by atoms with Gasteiger partial charge in [0.1, 0.15) is 5.69 Å². The second-order valence-corrected chi connectivity index (χ2v) is 7.28. The van der Waals surface area contributed by atoms with Crippen LogP contribution in [0.5, 0.6) is 0 Å². The fourth-order valence-electron chi connectivity index (χ4n) is 3.64. The fourth-order valence-corrected chi connectivity index (χ4v) is 3.64. The van der Waals surface area contributed by atoms with Gasteiger partial charge in [-0.2, -0.15) is 9.78 Å². The number of morpholine rings is 1. The summed E-state index contributed by atoms with van der Waals surface area (Å²) in [5, 5.41) is 19.7. The lowest BCUT2D eigenvalue weighted by atomic mass is 9.90. The van der Waals surface area contributed by atoms with E-state index >= 15 is 0 Å². The van der Waals surface area contributed by atoms with Crippen LogP contribution in [-0.2, 0) is 11.3 Å². The Labute approximate surface area is 167 Å². The molecular formula is C17H25N9O3. The first-order valence-corrected chi connectivity index (χ1v) is 9.89. The average molecular weight is 403 g/mol. The minimum absolute atomic E-state index is 0.0209. The molecule has 0 spiro atoms. The van der Waals surface area contributed by atoms with Crippen LogP contribution in [0.4, 0.5) is 5.82 Å². The standard InChI is InChI=1S/C17H25N9O3/c18-15-16(23-29-22-15)26-14(13(20-24-26)11-25-6-8-28-9-7-25)17(27)21-19-10-12-4-2-1-3-5-12/h10,12H,1-9,11H2,(H2,18,22)(H,21,27)/b19-10-. The van der Waals surface area contributed by atoms with E-state index in [1.54, 1.807) is 0 Å². The van der Waals surface area contributed by atoms with Crippen molar-refractivity contribution in [3.8, 4) is 5.82 Å². The highest BCUT2D eigenvalue weighted by atomic mass is 16.6. The number of nitrogens with two attached hydrogens (primary N) is 1. The Bertz CT molecular complexity index is 850. The Balaban J connectivity index is 1.54. The van der Waals surface area contributed by atoms with E-state index in [9.17, 15) is 4.79 Å². The summed E-state index contributed by atoms with van der Waals surface area (Å²) >= 11 is 0. The van der Waals surface area contributed by atoms with Crippen LogP contribution >= 0.6 is 0 Å². The Morgan fingerprint density at radius 1 is 1.24 bits per heavy atom. The summed E-state index contributed by atoms with van der Waals surface area (Å²) in [5.74, 6) is 0.0997. The van der Waals surface area contributed by atoms with Crippen LogP contribution in [-0.4, -0.2) is 68.6 Å². The molecule has 0 radical (unpaired) electrons. The molecule has 0 aromatic carbocycles. The van der Waals surface area contributed by atoms with Gasteiger partial charge in [0.05, 0.1) is 13.2 Å². The topological polar surface area (TPSA) is 150 Å². The fraction of sp³-hybridized carbons (Fsp3) is 0.647. The maximum absolute atomic E-state index is 12.9. The number of carbonyl (C=O) groups excluding carboxylic acids is 1. The Kier molecular flexibility index (Phi) is 6.10. The third kappa shape index (κ3) is 4.59. The lowest BCUT2D eigenvalue weighted by Gasteiger charge is -2.25. The molecule has 3 N–H and O–H groups in total. The number of nitrogens with one attached hydrogen (secondary N) is 1. The zero-order chi connectivity index (χ0) is 20.1. The van der Waals surface area contributed by atoms with E-state index in [-0.39, 0.29) is 17.3 Å². The monoisotopic (exact) mass is 403 g/mol. The van der Waals surface area contributed by atoms with Gasteiger partial charge >= 0.3 is 0 Å². The quantitative estimate of drug-likeness (QED) is 0.515. The molecule has 3 heterocycles. The molecule has 1 amide bonds. The van der Waals surface area contributed by atoms with E-state index in [4.69, 9.17) is 10.5 Å². The van der Waals surface area contributed by atoms with E-state index in [1.807, 2.05) is 6.21 Å². The van der Waals surface area contributed by atoms with Crippen molar-refractivity contribution in [2.75, 3.05) is 32.0 Å². The first-order valence-electron chi connectivity index (χ1n) is 9.89. The molecule has 2 fully saturated rings. The second-order valence-electron chi connectivity index (χ2n) is 7.28. The molecule has 0 bridgehead atoms. The first-order chi connectivity index (χ1) is 14.2. The summed E-state index contributed by atoms with van der Waals surface area (Å²) < 4.78 is 11.3. The highest BCUT2D eigenvalue weighted by molar-refractivity contribution is 5.94. The molecule has 1 saturated heterocycles. The lowest BCUT2D eigenvalue weighted by Crippen LogP contribution is -2.36. The van der Waals surface area contributed by atoms with Gasteiger partial charge in [-0.3, -0.25) is 9.69 Å². The molecule has 2 aromatic rings. The van der Waals surface area contributed by atoms with E-state index in [1.165, 1.54) is 23.9 Å². The van der Waals surface area contributed by atoms with Gasteiger partial charge in [-0.15, -0.1) is 5.10 Å². The smallest absolute Gasteiger partial charge is 0.292 e. The van der Waals surface area contributed by atoms with Crippen molar-refractivity contribution < 1.29 is 14.2 Å². The third-order valence-corrected chi connectivity index (χ3v) is 5.23. The molecule has 12 heteroatoms. The van der Waals surface area contributed by atoms with Crippen molar-refractivity contribution >= 4 is 17.9 Å². The van der Waals surface area contributed by atoms with Crippen LogP contribution in [0.1, 0.15) is 48.3 Å². The van der Waals surface area contributed by atoms with E-state index in [2.05, 4.69) is 40.7 Å². The molecular weight excluding hydrogens is 378 g/mol. The molecule has 1 aliphatic carbocycles. The molecule has 1 aliphatic heterocycles. The summed E-state index contributed by atoms with van der Waals surface area (Å²) in [4.78, 5) is 15.1. The van der Waals surface area contributed by atoms with Crippen molar-refractivity contribution in [1.29, 1.82) is 0 Å². The molecule has 2 aromatic heterocycles. The number of nitrogen functional groups attached to an aromatic ring is 1. The Hall–Kier alpha value is -2.86. The molecule has 29 heavy (non-hydrogen) atoms. The number of hydrogen-bond acceptors (Lipinski definition) is 10. The minimum atomic E-state index is -0.437. The zero-order valence-corrected chi connectivity index (χ0v) is 16.2. The van der Waals surface area contributed by atoms with Gasteiger partial charge in [-0.25, -0.2) is 10.1 Å². The van der Waals surface area contributed by atoms with E-state index in [0.29, 0.717) is 31.4 Å². The summed E-state index contributed by atoms with van der Waals surface area (Å²) in [7, 11) is 0. The van der Waals surface area contributed by atoms with Gasteiger partial charge in [0.2, 0.25) is 11.6 Å². The van der Waals surface area contributed by atoms with Crippen molar-refractivity contribution in [3.05, 3.63) is 11.4 Å². The number of nitrogens with zero attached hydrogens (tertiary/aromatic N) is 7. The molecule has 0 atom stereocenters. The number of carbonyl (C=O) groups is 1. The predicted octanol–water partition coefficient (Wildman–Crippen LogP) is 0.361. The largest absolute Gasteiger partial charge is 0.379 e. The Morgan fingerprint density at radius 2 is 2.03 bits per heavy atom. The summed E-state index contributed by atoms with van der Waals surface area (Å²) in [5.41, 5.74) is 9.09. The highest BCUT2D eigenvalue weighted by Gasteiger charge is 2.26. The van der Waals surface area contributed by atoms with Gasteiger partial charge in [0, 0.05) is 25.8 Å². The van der Waals surface area contributed by atoms with Gasteiger partial charge < -0.3 is 10.5 Å². The van der Waals surface area contributed by atoms with Crippen LogP contribution in [0, 0.1) is 5.92 Å². The lowest BCUT2D eigenvalue weighted by molar-refractivity contribution is 0.0335. The van der Waals surface area contributed by atoms with Crippen molar-refractivity contribution in [2.45, 2.75) is 38.6 Å². The van der Waals surface area contributed by atoms with Crippen LogP contribution in [0.15, 0.2) is 9.73 Å². The number of rotatable bonds is 6. The van der Waals surface area contributed by atoms with Gasteiger partial charge in [-0.1, -0.05) is 24.5 Å². The first kappa shape index (κ1) is 19.5. The van der Waals surface area contributed by atoms with Crippen LogP contribution < -0.4 is 11.2 Å². The molecule has 0 unspecified atom stereocenters. The molecule has 156 valence electrons. The van der Waals surface area contributed by atoms with Crippen molar-refractivity contribution in [1.82, 2.24) is 35.6 Å². The maximum atomic E-state index is 12.9.